The normalized spacial score (nSPS) is 25.1. The second-order valence-electron chi connectivity index (χ2n) is 15.0. The summed E-state index contributed by atoms with van der Waals surface area (Å²) in [5, 5.41) is 12.5. The Labute approximate surface area is 303 Å². The summed E-state index contributed by atoms with van der Waals surface area (Å²) in [7, 11) is -3.90. The number of hydrogen-bond donors (Lipinski definition) is 2. The zero-order chi connectivity index (χ0) is 37.3. The number of ether oxygens (including phenoxy) is 1. The van der Waals surface area contributed by atoms with E-state index in [9.17, 15) is 36.3 Å². The van der Waals surface area contributed by atoms with Crippen LogP contribution in [0.3, 0.4) is 0 Å². The lowest BCUT2D eigenvalue weighted by Gasteiger charge is -2.33. The lowest BCUT2D eigenvalue weighted by atomic mass is 9.78. The first kappa shape index (κ1) is 35.3. The number of halogens is 3. The summed E-state index contributed by atoms with van der Waals surface area (Å²) >= 11 is 0. The van der Waals surface area contributed by atoms with Crippen molar-refractivity contribution < 1.29 is 41.0 Å². The molecule has 4 unspecified atom stereocenters. The minimum absolute atomic E-state index is 0.0562. The molecule has 1 aromatic carbocycles. The summed E-state index contributed by atoms with van der Waals surface area (Å²) in [6.07, 6.45) is 3.75. The second-order valence-corrected chi connectivity index (χ2v) is 17.1. The van der Waals surface area contributed by atoms with Gasteiger partial charge in [-0.1, -0.05) is 6.92 Å². The van der Waals surface area contributed by atoms with Gasteiger partial charge in [0.1, 0.15) is 17.4 Å². The Balaban J connectivity index is 1.11. The molecule has 280 valence electrons. The van der Waals surface area contributed by atoms with Crippen molar-refractivity contribution in [1.29, 1.82) is 0 Å². The van der Waals surface area contributed by atoms with Crippen molar-refractivity contribution in [3.8, 4) is 17.0 Å². The summed E-state index contributed by atoms with van der Waals surface area (Å²) < 4.78 is 78.7. The number of amides is 1. The zero-order valence-corrected chi connectivity index (χ0v) is 29.7. The molecule has 2 bridgehead atoms. The molecule has 4 aliphatic rings. The Bertz CT molecular complexity index is 2190. The maximum Gasteiger partial charge on any atom is 0.434 e. The number of piperidine rings is 1. The Hall–Kier alpha value is -4.73. The topological polar surface area (TPSA) is 157 Å². The van der Waals surface area contributed by atoms with Crippen LogP contribution in [-0.4, -0.2) is 74.3 Å². The molecule has 0 spiro atoms. The van der Waals surface area contributed by atoms with Gasteiger partial charge in [0, 0.05) is 61.5 Å². The predicted octanol–water partition coefficient (Wildman–Crippen LogP) is 5.91. The SMILES string of the molecule is CC1CC2CC(C1)C(NC(=O)c1ccc(-c3cn(S(=O)(=O)C4CC4)c4cc(OC5CCN(c6ncccn6)CC5)ccc34)nc1C(F)(F)F)(C(=O)O)C2. The number of aliphatic carboxylic acids is 1. The molecule has 4 fully saturated rings. The van der Waals surface area contributed by atoms with Crippen molar-refractivity contribution in [2.75, 3.05) is 18.0 Å². The number of carboxylic acids is 1. The molecule has 0 radical (unpaired) electrons. The maximum atomic E-state index is 14.7. The molecule has 53 heavy (non-hydrogen) atoms. The van der Waals surface area contributed by atoms with Crippen LogP contribution in [0.1, 0.15) is 74.3 Å². The number of fused-ring (bicyclic) bond motifs is 3. The third-order valence-corrected chi connectivity index (χ3v) is 13.5. The Morgan fingerprint density at radius 1 is 1.02 bits per heavy atom. The average Bonchev–Trinajstić information content (AvgIpc) is 3.87. The number of alkyl halides is 3. The highest BCUT2D eigenvalue weighted by molar-refractivity contribution is 7.91. The van der Waals surface area contributed by atoms with Gasteiger partial charge in [-0.15, -0.1) is 0 Å². The quantitative estimate of drug-likeness (QED) is 0.211. The summed E-state index contributed by atoms with van der Waals surface area (Å²) in [4.78, 5) is 40.8. The third kappa shape index (κ3) is 6.48. The molecule has 3 saturated carbocycles. The molecule has 4 aromatic rings. The molecular formula is C37H39F3N6O6S. The van der Waals surface area contributed by atoms with E-state index in [1.165, 1.54) is 12.3 Å². The monoisotopic (exact) mass is 752 g/mol. The van der Waals surface area contributed by atoms with Crippen LogP contribution >= 0.6 is 0 Å². The number of hydrogen-bond acceptors (Lipinski definition) is 9. The summed E-state index contributed by atoms with van der Waals surface area (Å²) in [6, 6.07) is 8.83. The van der Waals surface area contributed by atoms with E-state index in [2.05, 4.69) is 25.2 Å². The van der Waals surface area contributed by atoms with Crippen molar-refractivity contribution in [3.05, 3.63) is 66.2 Å². The number of nitrogens with zero attached hydrogens (tertiary/aromatic N) is 5. The van der Waals surface area contributed by atoms with Crippen molar-refractivity contribution in [1.82, 2.24) is 24.2 Å². The van der Waals surface area contributed by atoms with Crippen LogP contribution in [0.25, 0.3) is 22.2 Å². The number of anilines is 1. The van der Waals surface area contributed by atoms with Gasteiger partial charge in [-0.05, 0) is 86.6 Å². The molecule has 2 N–H and O–H groups in total. The third-order valence-electron chi connectivity index (χ3n) is 11.3. The second kappa shape index (κ2) is 13.0. The lowest BCUT2D eigenvalue weighted by Crippen LogP contribution is -2.57. The first-order valence-electron chi connectivity index (χ1n) is 18.0. The highest BCUT2D eigenvalue weighted by Gasteiger charge is 2.56. The zero-order valence-electron chi connectivity index (χ0n) is 28.9. The van der Waals surface area contributed by atoms with Crippen LogP contribution in [0.4, 0.5) is 19.1 Å². The lowest BCUT2D eigenvalue weighted by molar-refractivity contribution is -0.146. The van der Waals surface area contributed by atoms with Gasteiger partial charge in [-0.3, -0.25) is 4.79 Å². The van der Waals surface area contributed by atoms with Gasteiger partial charge < -0.3 is 20.1 Å². The molecule has 1 amide bonds. The number of aromatic nitrogens is 4. The summed E-state index contributed by atoms with van der Waals surface area (Å²) in [5.41, 5.74) is -3.78. The van der Waals surface area contributed by atoms with Gasteiger partial charge in [0.15, 0.2) is 5.69 Å². The van der Waals surface area contributed by atoms with Crippen LogP contribution in [-0.2, 0) is 21.0 Å². The molecule has 16 heteroatoms. The van der Waals surface area contributed by atoms with E-state index in [0.717, 1.165) is 16.5 Å². The number of rotatable bonds is 9. The number of carbonyl (C=O) groups excluding carboxylic acids is 1. The number of benzene rings is 1. The Kier molecular flexibility index (Phi) is 8.65. The molecular weight excluding hydrogens is 714 g/mol. The first-order chi connectivity index (χ1) is 25.2. The van der Waals surface area contributed by atoms with Gasteiger partial charge >= 0.3 is 12.1 Å². The van der Waals surface area contributed by atoms with Gasteiger partial charge in [0.05, 0.1) is 22.0 Å². The van der Waals surface area contributed by atoms with Gasteiger partial charge in [-0.2, -0.15) is 13.2 Å². The molecule has 4 heterocycles. The molecule has 3 aromatic heterocycles. The smallest absolute Gasteiger partial charge is 0.434 e. The minimum atomic E-state index is -5.08. The average molecular weight is 753 g/mol. The number of carbonyl (C=O) groups is 2. The van der Waals surface area contributed by atoms with Crippen LogP contribution in [0.15, 0.2) is 55.0 Å². The van der Waals surface area contributed by atoms with Gasteiger partial charge in [0.25, 0.3) is 5.91 Å². The number of nitrogens with one attached hydrogen (secondary N) is 1. The maximum absolute atomic E-state index is 14.7. The Morgan fingerprint density at radius 2 is 1.75 bits per heavy atom. The number of carboxylic acid groups (broad SMARTS) is 1. The van der Waals surface area contributed by atoms with Crippen LogP contribution in [0.5, 0.6) is 5.75 Å². The molecule has 3 aliphatic carbocycles. The highest BCUT2D eigenvalue weighted by Crippen LogP contribution is 2.51. The fourth-order valence-electron chi connectivity index (χ4n) is 8.70. The minimum Gasteiger partial charge on any atom is -0.490 e. The van der Waals surface area contributed by atoms with E-state index >= 15 is 0 Å². The largest absolute Gasteiger partial charge is 0.490 e. The standard InChI is InChI=1S/C37H39F3N6O6S/c1-21-15-22-17-23(16-21)36(19-22,34(48)49)44-33(47)28-7-8-30(43-32(28)37(38,39)40)29-20-46(53(50,51)26-4-5-26)31-18-25(3-6-27(29)31)52-24-9-13-45(14-10-24)35-41-11-2-12-42-35/h2-3,6-8,11-12,18,20-24,26H,4-5,9-10,13-17,19H2,1H3,(H,44,47)(H,48,49). The fourth-order valence-corrected chi connectivity index (χ4v) is 10.4. The fraction of sp³-hybridized carbons (Fsp3) is 0.486. The molecule has 1 aliphatic heterocycles. The van der Waals surface area contributed by atoms with Crippen LogP contribution < -0.4 is 15.0 Å². The molecule has 4 atom stereocenters. The molecule has 8 rings (SSSR count). The summed E-state index contributed by atoms with van der Waals surface area (Å²) in [6.45, 7) is 3.33. The van der Waals surface area contributed by atoms with E-state index < -0.39 is 56.0 Å². The van der Waals surface area contributed by atoms with Crippen molar-refractivity contribution >= 4 is 38.8 Å². The van der Waals surface area contributed by atoms with E-state index in [4.69, 9.17) is 4.74 Å². The van der Waals surface area contributed by atoms with Crippen molar-refractivity contribution in [2.45, 2.75) is 81.4 Å². The Morgan fingerprint density at radius 3 is 2.43 bits per heavy atom. The van der Waals surface area contributed by atoms with Crippen molar-refractivity contribution in [2.24, 2.45) is 17.8 Å². The van der Waals surface area contributed by atoms with E-state index in [-0.39, 0.29) is 41.1 Å². The van der Waals surface area contributed by atoms with E-state index in [0.29, 0.717) is 68.7 Å². The van der Waals surface area contributed by atoms with Gasteiger partial charge in [0.2, 0.25) is 16.0 Å². The predicted molar refractivity (Wildman–Crippen MR) is 188 cm³/mol. The highest BCUT2D eigenvalue weighted by atomic mass is 32.2. The van der Waals surface area contributed by atoms with Crippen molar-refractivity contribution in [3.63, 3.8) is 0 Å². The first-order valence-corrected chi connectivity index (χ1v) is 19.5. The molecule has 1 saturated heterocycles. The van der Waals surface area contributed by atoms with Gasteiger partial charge in [-0.25, -0.2) is 32.1 Å². The number of pyridine rings is 1. The van der Waals surface area contributed by atoms with Crippen LogP contribution in [0, 0.1) is 17.8 Å². The summed E-state index contributed by atoms with van der Waals surface area (Å²) in [5.74, 6) is -1.48. The van der Waals surface area contributed by atoms with E-state index in [1.807, 2.05) is 6.92 Å². The van der Waals surface area contributed by atoms with Crippen LogP contribution in [0.2, 0.25) is 0 Å². The molecule has 12 nitrogen and oxygen atoms in total. The van der Waals surface area contributed by atoms with E-state index in [1.54, 1.807) is 36.7 Å².